The van der Waals surface area contributed by atoms with Gasteiger partial charge in [0.05, 0.1) is 20.1 Å². The molecule has 2 unspecified atom stereocenters. The summed E-state index contributed by atoms with van der Waals surface area (Å²) < 4.78 is 15.7. The average molecular weight is 314 g/mol. The van der Waals surface area contributed by atoms with Crippen molar-refractivity contribution >= 4 is 11.8 Å². The van der Waals surface area contributed by atoms with Crippen LogP contribution < -0.4 is 0 Å². The molecular formula is C15H22O7. The van der Waals surface area contributed by atoms with Crippen molar-refractivity contribution in [2.45, 2.75) is 39.7 Å². The Labute approximate surface area is 129 Å². The van der Waals surface area contributed by atoms with E-state index in [9.17, 15) is 9.59 Å². The molecule has 1 N–H and O–H groups in total. The first-order valence-corrected chi connectivity index (χ1v) is 6.91. The molecule has 1 aliphatic carbocycles. The summed E-state index contributed by atoms with van der Waals surface area (Å²) in [7, 11) is 2.63. The second-order valence-corrected chi connectivity index (χ2v) is 5.20. The van der Waals surface area contributed by atoms with Gasteiger partial charge >= 0.3 is 5.97 Å². The normalized spacial score (nSPS) is 23.5. The monoisotopic (exact) mass is 314 g/mol. The number of carbonyl (C=O) groups excluding carboxylic acids is 2. The first kappa shape index (κ1) is 18.2. The van der Waals surface area contributed by atoms with Gasteiger partial charge in [0, 0.05) is 5.57 Å². The smallest absolute Gasteiger partial charge is 0.314 e. The highest BCUT2D eigenvalue weighted by molar-refractivity contribution is 6.05. The summed E-state index contributed by atoms with van der Waals surface area (Å²) in [6, 6.07) is 0. The lowest BCUT2D eigenvalue weighted by Gasteiger charge is -2.32. The van der Waals surface area contributed by atoms with Crippen LogP contribution in [0.15, 0.2) is 22.9 Å². The Kier molecular flexibility index (Phi) is 5.73. The van der Waals surface area contributed by atoms with Crippen LogP contribution in [0.3, 0.4) is 0 Å². The van der Waals surface area contributed by atoms with E-state index < -0.39 is 17.4 Å². The molecule has 1 aliphatic rings. The molecule has 0 spiro atoms. The summed E-state index contributed by atoms with van der Waals surface area (Å²) in [5.41, 5.74) is -1.64. The standard InChI is InChI=1S/C15H22O7/c1-7-8(2)14(17)21-11-10(19-5)9(3)12(16)15(4,22-18)13(11)20-6/h8,18H,7H2,1-6H3. The van der Waals surface area contributed by atoms with E-state index >= 15 is 0 Å². The number of hydrogen-bond acceptors (Lipinski definition) is 7. The molecule has 1 rings (SSSR count). The van der Waals surface area contributed by atoms with Crippen LogP contribution in [0.1, 0.15) is 34.1 Å². The molecule has 22 heavy (non-hydrogen) atoms. The van der Waals surface area contributed by atoms with E-state index in [0.717, 1.165) is 0 Å². The quantitative estimate of drug-likeness (QED) is 0.456. The van der Waals surface area contributed by atoms with Gasteiger partial charge in [-0.2, -0.15) is 0 Å². The number of ether oxygens (including phenoxy) is 3. The number of carbonyl (C=O) groups is 2. The van der Waals surface area contributed by atoms with Gasteiger partial charge in [-0.1, -0.05) is 13.8 Å². The summed E-state index contributed by atoms with van der Waals surface area (Å²) in [5, 5.41) is 9.17. The largest absolute Gasteiger partial charge is 0.494 e. The van der Waals surface area contributed by atoms with Crippen LogP contribution in [0.2, 0.25) is 0 Å². The number of Topliss-reactive ketones (excluding diaryl/α,β-unsaturated/α-hetero) is 1. The number of methoxy groups -OCH3 is 2. The molecule has 0 saturated heterocycles. The predicted octanol–water partition coefficient (Wildman–Crippen LogP) is 2.19. The van der Waals surface area contributed by atoms with Gasteiger partial charge in [-0.25, -0.2) is 4.89 Å². The number of rotatable bonds is 6. The first-order valence-electron chi connectivity index (χ1n) is 6.91. The third-order valence-corrected chi connectivity index (χ3v) is 3.77. The number of ketones is 1. The Morgan fingerprint density at radius 1 is 1.27 bits per heavy atom. The van der Waals surface area contributed by atoms with E-state index in [1.807, 2.05) is 6.92 Å². The zero-order valence-corrected chi connectivity index (χ0v) is 13.7. The van der Waals surface area contributed by atoms with Crippen LogP contribution in [-0.4, -0.2) is 36.8 Å². The van der Waals surface area contributed by atoms with Gasteiger partial charge < -0.3 is 14.2 Å². The van der Waals surface area contributed by atoms with Crippen LogP contribution in [0.25, 0.3) is 0 Å². The van der Waals surface area contributed by atoms with E-state index in [4.69, 9.17) is 19.5 Å². The average Bonchev–Trinajstić information content (AvgIpc) is 2.52. The summed E-state index contributed by atoms with van der Waals surface area (Å²) in [6.07, 6.45) is 0.589. The van der Waals surface area contributed by atoms with Gasteiger partial charge in [-0.3, -0.25) is 14.8 Å². The molecule has 0 amide bonds. The molecule has 2 atom stereocenters. The molecule has 0 aromatic heterocycles. The van der Waals surface area contributed by atoms with Gasteiger partial charge in [-0.05, 0) is 20.3 Å². The predicted molar refractivity (Wildman–Crippen MR) is 76.4 cm³/mol. The van der Waals surface area contributed by atoms with Crippen molar-refractivity contribution in [3.8, 4) is 0 Å². The van der Waals surface area contributed by atoms with E-state index in [2.05, 4.69) is 4.89 Å². The highest BCUT2D eigenvalue weighted by Crippen LogP contribution is 2.38. The van der Waals surface area contributed by atoms with E-state index in [1.165, 1.54) is 28.1 Å². The molecule has 7 nitrogen and oxygen atoms in total. The number of hydrogen-bond donors (Lipinski definition) is 1. The molecule has 0 radical (unpaired) electrons. The highest BCUT2D eigenvalue weighted by atomic mass is 17.1. The molecule has 0 aromatic carbocycles. The van der Waals surface area contributed by atoms with Crippen LogP contribution >= 0.6 is 0 Å². The van der Waals surface area contributed by atoms with Crippen molar-refractivity contribution in [3.63, 3.8) is 0 Å². The van der Waals surface area contributed by atoms with Crippen LogP contribution in [-0.2, 0) is 28.7 Å². The maximum absolute atomic E-state index is 12.4. The lowest BCUT2D eigenvalue weighted by molar-refractivity contribution is -0.302. The maximum atomic E-state index is 12.4. The van der Waals surface area contributed by atoms with Gasteiger partial charge in [0.1, 0.15) is 0 Å². The van der Waals surface area contributed by atoms with Crippen molar-refractivity contribution < 1.29 is 33.9 Å². The SMILES string of the molecule is CCC(C)C(=O)OC1=C(OC)C(C)(OO)C(=O)C(C)=C1OC. The van der Waals surface area contributed by atoms with E-state index in [1.54, 1.807) is 6.92 Å². The maximum Gasteiger partial charge on any atom is 0.314 e. The minimum absolute atomic E-state index is 0.0658. The lowest BCUT2D eigenvalue weighted by atomic mass is 9.86. The molecule has 124 valence electrons. The summed E-state index contributed by atoms with van der Waals surface area (Å²) >= 11 is 0. The van der Waals surface area contributed by atoms with Crippen LogP contribution in [0, 0.1) is 5.92 Å². The third kappa shape index (κ3) is 2.86. The fraction of sp³-hybridized carbons (Fsp3) is 0.600. The second-order valence-electron chi connectivity index (χ2n) is 5.20. The summed E-state index contributed by atoms with van der Waals surface area (Å²) in [4.78, 5) is 28.8. The molecule has 0 aliphatic heterocycles. The zero-order chi connectivity index (χ0) is 17.1. The Morgan fingerprint density at radius 2 is 1.86 bits per heavy atom. The summed E-state index contributed by atoms with van der Waals surface area (Å²) in [6.45, 7) is 6.37. The Morgan fingerprint density at radius 3 is 2.27 bits per heavy atom. The van der Waals surface area contributed by atoms with Crippen molar-refractivity contribution in [1.29, 1.82) is 0 Å². The Hall–Kier alpha value is -1.86. The molecular weight excluding hydrogens is 292 g/mol. The van der Waals surface area contributed by atoms with Gasteiger partial charge in [-0.15, -0.1) is 0 Å². The van der Waals surface area contributed by atoms with E-state index in [-0.39, 0.29) is 28.8 Å². The second kappa shape index (κ2) is 6.93. The topological polar surface area (TPSA) is 91.3 Å². The van der Waals surface area contributed by atoms with Crippen LogP contribution in [0.4, 0.5) is 0 Å². The number of esters is 1. The lowest BCUT2D eigenvalue weighted by Crippen LogP contribution is -2.45. The molecule has 0 saturated carbocycles. The molecule has 0 bridgehead atoms. The minimum atomic E-state index is -1.80. The molecule has 0 heterocycles. The zero-order valence-electron chi connectivity index (χ0n) is 13.7. The summed E-state index contributed by atoms with van der Waals surface area (Å²) in [5.74, 6) is -1.50. The molecule has 0 fully saturated rings. The third-order valence-electron chi connectivity index (χ3n) is 3.77. The fourth-order valence-corrected chi connectivity index (χ4v) is 2.13. The Balaban J connectivity index is 3.45. The van der Waals surface area contributed by atoms with Crippen LogP contribution in [0.5, 0.6) is 0 Å². The first-order chi connectivity index (χ1) is 10.3. The van der Waals surface area contributed by atoms with Crippen molar-refractivity contribution in [2.75, 3.05) is 14.2 Å². The van der Waals surface area contributed by atoms with Crippen molar-refractivity contribution in [2.24, 2.45) is 5.92 Å². The van der Waals surface area contributed by atoms with Crippen molar-refractivity contribution in [3.05, 3.63) is 22.9 Å². The minimum Gasteiger partial charge on any atom is -0.494 e. The van der Waals surface area contributed by atoms with E-state index in [0.29, 0.717) is 6.42 Å². The van der Waals surface area contributed by atoms with Gasteiger partial charge in [0.15, 0.2) is 11.5 Å². The highest BCUT2D eigenvalue weighted by Gasteiger charge is 2.50. The fourth-order valence-electron chi connectivity index (χ4n) is 2.13. The van der Waals surface area contributed by atoms with Gasteiger partial charge in [0.2, 0.25) is 17.1 Å². The molecule has 0 aromatic rings. The van der Waals surface area contributed by atoms with Gasteiger partial charge in [0.25, 0.3) is 0 Å². The Bertz CT molecular complexity index is 532. The van der Waals surface area contributed by atoms with Crippen molar-refractivity contribution in [1.82, 2.24) is 0 Å². The molecule has 7 heteroatoms.